The predicted molar refractivity (Wildman–Crippen MR) is 132 cm³/mol. The Morgan fingerprint density at radius 2 is 1.53 bits per heavy atom. The number of benzene rings is 3. The standard InChI is InChI=1S/C25H24ClN3O4S/c1-27-22-17-21(11-12-23(22)33-25(27)30)34(31,32)29-15-13-28(14-16-29)24(18-5-3-2-4-6-18)19-7-9-20(26)10-8-19/h2-12,17,24H,13-16H2,1H3/t24-/m1/s1. The van der Waals surface area contributed by atoms with Gasteiger partial charge in [-0.2, -0.15) is 4.31 Å². The molecule has 9 heteroatoms. The summed E-state index contributed by atoms with van der Waals surface area (Å²) in [5.74, 6) is -0.521. The third-order valence-electron chi connectivity index (χ3n) is 6.34. The number of halogens is 1. The number of oxazole rings is 1. The molecule has 0 spiro atoms. The van der Waals surface area contributed by atoms with E-state index in [9.17, 15) is 13.2 Å². The van der Waals surface area contributed by atoms with Crippen LogP contribution in [0.4, 0.5) is 0 Å². The monoisotopic (exact) mass is 497 g/mol. The van der Waals surface area contributed by atoms with Crippen LogP contribution >= 0.6 is 11.6 Å². The van der Waals surface area contributed by atoms with Crippen LogP contribution < -0.4 is 5.76 Å². The van der Waals surface area contributed by atoms with Gasteiger partial charge in [0.1, 0.15) is 0 Å². The number of nitrogens with zero attached hydrogens (tertiary/aromatic N) is 3. The molecule has 0 amide bonds. The maximum Gasteiger partial charge on any atom is 0.419 e. The summed E-state index contributed by atoms with van der Waals surface area (Å²) in [7, 11) is -2.15. The summed E-state index contributed by atoms with van der Waals surface area (Å²) in [4.78, 5) is 14.2. The van der Waals surface area contributed by atoms with E-state index in [1.807, 2.05) is 42.5 Å². The SMILES string of the molecule is Cn1c(=O)oc2ccc(S(=O)(=O)N3CCN([C@H](c4ccccc4)c4ccc(Cl)cc4)CC3)cc21. The van der Waals surface area contributed by atoms with E-state index in [4.69, 9.17) is 16.0 Å². The molecule has 3 aromatic carbocycles. The van der Waals surface area contributed by atoms with Crippen molar-refractivity contribution in [1.82, 2.24) is 13.8 Å². The van der Waals surface area contributed by atoms with Crippen molar-refractivity contribution in [3.05, 3.63) is 99.5 Å². The van der Waals surface area contributed by atoms with Gasteiger partial charge in [0, 0.05) is 38.2 Å². The summed E-state index contributed by atoms with van der Waals surface area (Å²) in [6.07, 6.45) is 0. The lowest BCUT2D eigenvalue weighted by Crippen LogP contribution is -2.49. The molecular formula is C25H24ClN3O4S. The summed E-state index contributed by atoms with van der Waals surface area (Å²) in [5, 5.41) is 0.679. The third-order valence-corrected chi connectivity index (χ3v) is 8.49. The van der Waals surface area contributed by atoms with Crippen LogP contribution in [-0.2, 0) is 17.1 Å². The molecule has 0 aliphatic carbocycles. The molecule has 1 aliphatic rings. The van der Waals surface area contributed by atoms with Crippen LogP contribution in [0, 0.1) is 0 Å². The Labute approximate surface area is 202 Å². The lowest BCUT2D eigenvalue weighted by molar-refractivity contribution is 0.156. The molecule has 1 atom stereocenters. The van der Waals surface area contributed by atoms with E-state index >= 15 is 0 Å². The molecular weight excluding hydrogens is 474 g/mol. The van der Waals surface area contributed by atoms with Gasteiger partial charge in [0.2, 0.25) is 10.0 Å². The topological polar surface area (TPSA) is 75.8 Å². The van der Waals surface area contributed by atoms with Crippen molar-refractivity contribution in [1.29, 1.82) is 0 Å². The van der Waals surface area contributed by atoms with Crippen LogP contribution in [0.3, 0.4) is 0 Å². The first kappa shape index (κ1) is 22.9. The third kappa shape index (κ3) is 4.18. The Morgan fingerprint density at radius 3 is 2.21 bits per heavy atom. The molecule has 0 bridgehead atoms. The van der Waals surface area contributed by atoms with Crippen LogP contribution in [0.2, 0.25) is 5.02 Å². The zero-order valence-corrected chi connectivity index (χ0v) is 20.2. The molecule has 4 aromatic rings. The number of rotatable bonds is 5. The molecule has 1 saturated heterocycles. The average Bonchev–Trinajstić information content (AvgIpc) is 3.14. The summed E-state index contributed by atoms with van der Waals surface area (Å²) in [6.45, 7) is 1.88. The van der Waals surface area contributed by atoms with Gasteiger partial charge in [-0.1, -0.05) is 54.1 Å². The first-order chi connectivity index (χ1) is 16.3. The van der Waals surface area contributed by atoms with Crippen LogP contribution in [0.5, 0.6) is 0 Å². The van der Waals surface area contributed by atoms with E-state index in [2.05, 4.69) is 17.0 Å². The van der Waals surface area contributed by atoms with Gasteiger partial charge < -0.3 is 4.42 Å². The molecule has 5 rings (SSSR count). The predicted octanol–water partition coefficient (Wildman–Crippen LogP) is 3.88. The maximum absolute atomic E-state index is 13.4. The van der Waals surface area contributed by atoms with Gasteiger partial charge in [0.05, 0.1) is 16.5 Å². The minimum Gasteiger partial charge on any atom is -0.408 e. The summed E-state index contributed by atoms with van der Waals surface area (Å²) < 4.78 is 34.7. The fourth-order valence-corrected chi connectivity index (χ4v) is 6.08. The first-order valence-electron chi connectivity index (χ1n) is 11.0. The highest BCUT2D eigenvalue weighted by Crippen LogP contribution is 2.31. The summed E-state index contributed by atoms with van der Waals surface area (Å²) in [6, 6.07) is 22.5. The fraction of sp³-hybridized carbons (Fsp3) is 0.240. The second-order valence-corrected chi connectivity index (χ2v) is 10.7. The molecule has 0 unspecified atom stereocenters. The van der Waals surface area contributed by atoms with Crippen LogP contribution in [0.15, 0.2) is 86.9 Å². The number of aryl methyl sites for hydroxylation is 1. The maximum atomic E-state index is 13.4. The second-order valence-electron chi connectivity index (χ2n) is 8.36. The Bertz CT molecular complexity index is 1470. The normalized spacial score (nSPS) is 16.6. The quantitative estimate of drug-likeness (QED) is 0.418. The van der Waals surface area contributed by atoms with Gasteiger partial charge in [-0.25, -0.2) is 13.2 Å². The number of aromatic nitrogens is 1. The van der Waals surface area contributed by atoms with Gasteiger partial charge in [0.15, 0.2) is 5.58 Å². The highest BCUT2D eigenvalue weighted by Gasteiger charge is 2.32. The second kappa shape index (κ2) is 9.03. The molecule has 1 fully saturated rings. The highest BCUT2D eigenvalue weighted by molar-refractivity contribution is 7.89. The zero-order valence-electron chi connectivity index (χ0n) is 18.6. The number of fused-ring (bicyclic) bond motifs is 1. The van der Waals surface area contributed by atoms with Gasteiger partial charge >= 0.3 is 5.76 Å². The molecule has 176 valence electrons. The molecule has 34 heavy (non-hydrogen) atoms. The Balaban J connectivity index is 1.40. The lowest BCUT2D eigenvalue weighted by atomic mass is 9.96. The first-order valence-corrected chi connectivity index (χ1v) is 12.8. The molecule has 0 radical (unpaired) electrons. The average molecular weight is 498 g/mol. The minimum absolute atomic E-state index is 0.000117. The molecule has 0 N–H and O–H groups in total. The van der Waals surface area contributed by atoms with Crippen molar-refractivity contribution in [2.24, 2.45) is 7.05 Å². The van der Waals surface area contributed by atoms with E-state index in [-0.39, 0.29) is 10.9 Å². The highest BCUT2D eigenvalue weighted by atomic mass is 35.5. The fourth-order valence-electron chi connectivity index (χ4n) is 4.51. The van der Waals surface area contributed by atoms with Crippen molar-refractivity contribution in [3.63, 3.8) is 0 Å². The number of piperazine rings is 1. The number of hydrogen-bond donors (Lipinski definition) is 0. The van der Waals surface area contributed by atoms with E-state index in [0.29, 0.717) is 42.3 Å². The van der Waals surface area contributed by atoms with Crippen molar-refractivity contribution < 1.29 is 12.8 Å². The van der Waals surface area contributed by atoms with Gasteiger partial charge in [0.25, 0.3) is 0 Å². The van der Waals surface area contributed by atoms with E-state index in [1.165, 1.54) is 27.1 Å². The van der Waals surface area contributed by atoms with Crippen molar-refractivity contribution >= 4 is 32.7 Å². The largest absolute Gasteiger partial charge is 0.419 e. The number of hydrogen-bond acceptors (Lipinski definition) is 5. The molecule has 7 nitrogen and oxygen atoms in total. The van der Waals surface area contributed by atoms with E-state index in [1.54, 1.807) is 7.05 Å². The Morgan fingerprint density at radius 1 is 0.882 bits per heavy atom. The summed E-state index contributed by atoms with van der Waals surface area (Å²) in [5.41, 5.74) is 3.08. The van der Waals surface area contributed by atoms with Gasteiger partial charge in [-0.05, 0) is 41.5 Å². The minimum atomic E-state index is -3.71. The Hall–Kier alpha value is -2.91. The molecule has 1 aromatic heterocycles. The van der Waals surface area contributed by atoms with Crippen molar-refractivity contribution in [2.45, 2.75) is 10.9 Å². The summed E-state index contributed by atoms with van der Waals surface area (Å²) >= 11 is 6.11. The van der Waals surface area contributed by atoms with Crippen LogP contribution in [0.1, 0.15) is 17.2 Å². The van der Waals surface area contributed by atoms with Crippen LogP contribution in [0.25, 0.3) is 11.1 Å². The molecule has 1 aliphatic heterocycles. The van der Waals surface area contributed by atoms with Crippen molar-refractivity contribution in [3.8, 4) is 0 Å². The van der Waals surface area contributed by atoms with Gasteiger partial charge in [-0.15, -0.1) is 0 Å². The lowest BCUT2D eigenvalue weighted by Gasteiger charge is -2.39. The van der Waals surface area contributed by atoms with Crippen molar-refractivity contribution in [2.75, 3.05) is 26.2 Å². The van der Waals surface area contributed by atoms with Gasteiger partial charge in [-0.3, -0.25) is 9.47 Å². The van der Waals surface area contributed by atoms with E-state index in [0.717, 1.165) is 11.1 Å². The molecule has 2 heterocycles. The number of sulfonamides is 1. The van der Waals surface area contributed by atoms with E-state index < -0.39 is 15.8 Å². The zero-order chi connectivity index (χ0) is 23.9. The Kier molecular flexibility index (Phi) is 6.07. The molecule has 0 saturated carbocycles. The van der Waals surface area contributed by atoms with Crippen LogP contribution in [-0.4, -0.2) is 48.4 Å². The smallest absolute Gasteiger partial charge is 0.408 e.